The quantitative estimate of drug-likeness (QED) is 0.498. The number of thioether (sulfide) groups is 1. The number of hydrogen-bond donors (Lipinski definition) is 1. The standard InChI is InChI=1S/C23H26ClN5OS/c1-16-7-2-5-11-20(16)29-22(18-9-6-12-25-13-18)27-28-23(29)31-15-21(30)26-14-17-8-3-4-10-19(17)24/h3-4,6,8-10,12-13,16,20H,2,5,7,11,14-15H2,1H3,(H,26,30)/t16-,20+/m0/s1. The fraction of sp³-hybridized carbons (Fsp3) is 0.391. The second-order valence-electron chi connectivity index (χ2n) is 7.90. The van der Waals surface area contributed by atoms with E-state index in [4.69, 9.17) is 11.6 Å². The second kappa shape index (κ2) is 10.3. The number of hydrogen-bond acceptors (Lipinski definition) is 5. The Balaban J connectivity index is 1.49. The van der Waals surface area contributed by atoms with Gasteiger partial charge in [-0.3, -0.25) is 14.3 Å². The highest BCUT2D eigenvalue weighted by atomic mass is 35.5. The zero-order valence-electron chi connectivity index (χ0n) is 17.5. The smallest absolute Gasteiger partial charge is 0.230 e. The molecule has 1 aliphatic rings. The van der Waals surface area contributed by atoms with Crippen LogP contribution in [-0.2, 0) is 11.3 Å². The number of aromatic nitrogens is 4. The predicted octanol–water partition coefficient (Wildman–Crippen LogP) is 5.15. The summed E-state index contributed by atoms with van der Waals surface area (Å²) < 4.78 is 2.23. The van der Waals surface area contributed by atoms with Crippen LogP contribution in [0.4, 0.5) is 0 Å². The molecule has 0 unspecified atom stereocenters. The summed E-state index contributed by atoms with van der Waals surface area (Å²) in [5.74, 6) is 1.58. The number of carbonyl (C=O) groups is 1. The van der Waals surface area contributed by atoms with Crippen LogP contribution >= 0.6 is 23.4 Å². The number of halogens is 1. The van der Waals surface area contributed by atoms with Crippen molar-refractivity contribution in [3.63, 3.8) is 0 Å². The molecule has 4 rings (SSSR count). The van der Waals surface area contributed by atoms with Gasteiger partial charge in [-0.1, -0.05) is 61.3 Å². The lowest BCUT2D eigenvalue weighted by Gasteiger charge is -2.31. The molecule has 1 aliphatic carbocycles. The van der Waals surface area contributed by atoms with Gasteiger partial charge in [-0.25, -0.2) is 0 Å². The first kappa shape index (κ1) is 21.8. The minimum absolute atomic E-state index is 0.0564. The lowest BCUT2D eigenvalue weighted by Crippen LogP contribution is -2.26. The van der Waals surface area contributed by atoms with Crippen LogP contribution in [0.2, 0.25) is 5.02 Å². The lowest BCUT2D eigenvalue weighted by atomic mass is 9.85. The van der Waals surface area contributed by atoms with Crippen molar-refractivity contribution in [3.05, 3.63) is 59.4 Å². The van der Waals surface area contributed by atoms with E-state index in [1.165, 1.54) is 31.0 Å². The Kier molecular flexibility index (Phi) is 7.25. The maximum absolute atomic E-state index is 12.5. The fourth-order valence-corrected chi connectivity index (χ4v) is 5.09. The molecule has 1 amide bonds. The Hall–Kier alpha value is -2.38. The van der Waals surface area contributed by atoms with Gasteiger partial charge in [0, 0.05) is 35.6 Å². The molecule has 0 saturated heterocycles. The van der Waals surface area contributed by atoms with Gasteiger partial charge in [-0.2, -0.15) is 0 Å². The zero-order valence-corrected chi connectivity index (χ0v) is 19.1. The van der Waals surface area contributed by atoms with Gasteiger partial charge >= 0.3 is 0 Å². The molecule has 1 N–H and O–H groups in total. The molecule has 2 atom stereocenters. The first-order valence-corrected chi connectivity index (χ1v) is 12.0. The molecule has 0 aliphatic heterocycles. The Morgan fingerprint density at radius 3 is 2.81 bits per heavy atom. The Labute approximate surface area is 191 Å². The van der Waals surface area contributed by atoms with Crippen molar-refractivity contribution < 1.29 is 4.79 Å². The third kappa shape index (κ3) is 5.28. The summed E-state index contributed by atoms with van der Waals surface area (Å²) >= 11 is 7.61. The maximum Gasteiger partial charge on any atom is 0.230 e. The number of pyridine rings is 1. The molecular weight excluding hydrogens is 430 g/mol. The molecule has 2 aromatic heterocycles. The minimum Gasteiger partial charge on any atom is -0.351 e. The number of amides is 1. The van der Waals surface area contributed by atoms with Crippen LogP contribution in [0, 0.1) is 5.92 Å². The molecule has 1 fully saturated rings. The van der Waals surface area contributed by atoms with Gasteiger partial charge in [-0.05, 0) is 42.5 Å². The second-order valence-corrected chi connectivity index (χ2v) is 9.25. The highest BCUT2D eigenvalue weighted by Crippen LogP contribution is 2.38. The van der Waals surface area contributed by atoms with E-state index in [0.29, 0.717) is 23.5 Å². The highest BCUT2D eigenvalue weighted by molar-refractivity contribution is 7.99. The van der Waals surface area contributed by atoms with E-state index in [1.807, 2.05) is 42.6 Å². The van der Waals surface area contributed by atoms with E-state index in [2.05, 4.69) is 32.0 Å². The van der Waals surface area contributed by atoms with E-state index < -0.39 is 0 Å². The summed E-state index contributed by atoms with van der Waals surface area (Å²) in [7, 11) is 0. The van der Waals surface area contributed by atoms with E-state index in [9.17, 15) is 4.79 Å². The van der Waals surface area contributed by atoms with Crippen LogP contribution in [0.1, 0.15) is 44.2 Å². The molecule has 0 bridgehead atoms. The fourth-order valence-electron chi connectivity index (χ4n) is 4.06. The van der Waals surface area contributed by atoms with Crippen molar-refractivity contribution in [2.45, 2.75) is 50.4 Å². The summed E-state index contributed by atoms with van der Waals surface area (Å²) in [6.07, 6.45) is 8.32. The SMILES string of the molecule is C[C@H]1CCCC[C@H]1n1c(SCC(=O)NCc2ccccc2Cl)nnc1-c1cccnc1. The third-order valence-corrected chi connectivity index (χ3v) is 7.06. The summed E-state index contributed by atoms with van der Waals surface area (Å²) in [5, 5.41) is 13.3. The molecular formula is C23H26ClN5OS. The zero-order chi connectivity index (χ0) is 21.6. The molecule has 6 nitrogen and oxygen atoms in total. The van der Waals surface area contributed by atoms with Crippen molar-refractivity contribution in [1.29, 1.82) is 0 Å². The topological polar surface area (TPSA) is 72.7 Å². The average Bonchev–Trinajstić information content (AvgIpc) is 3.22. The van der Waals surface area contributed by atoms with Gasteiger partial charge in [0.1, 0.15) is 0 Å². The molecule has 2 heterocycles. The average molecular weight is 456 g/mol. The number of rotatable bonds is 7. The number of nitrogens with one attached hydrogen (secondary N) is 1. The predicted molar refractivity (Wildman–Crippen MR) is 124 cm³/mol. The summed E-state index contributed by atoms with van der Waals surface area (Å²) in [6.45, 7) is 2.70. The van der Waals surface area contributed by atoms with Gasteiger partial charge in [0.05, 0.1) is 5.75 Å². The van der Waals surface area contributed by atoms with Gasteiger partial charge in [0.2, 0.25) is 5.91 Å². The molecule has 162 valence electrons. The minimum atomic E-state index is -0.0564. The first-order chi connectivity index (χ1) is 15.1. The van der Waals surface area contributed by atoms with Crippen LogP contribution in [0.15, 0.2) is 53.9 Å². The molecule has 0 radical (unpaired) electrons. The monoisotopic (exact) mass is 455 g/mol. The first-order valence-electron chi connectivity index (χ1n) is 10.6. The van der Waals surface area contributed by atoms with Crippen LogP contribution < -0.4 is 5.32 Å². The Morgan fingerprint density at radius 2 is 2.03 bits per heavy atom. The largest absolute Gasteiger partial charge is 0.351 e. The normalized spacial score (nSPS) is 18.6. The van der Waals surface area contributed by atoms with Gasteiger partial charge in [-0.15, -0.1) is 10.2 Å². The van der Waals surface area contributed by atoms with Crippen molar-refractivity contribution >= 4 is 29.3 Å². The van der Waals surface area contributed by atoms with Crippen LogP contribution in [-0.4, -0.2) is 31.4 Å². The van der Waals surface area contributed by atoms with E-state index in [1.54, 1.807) is 6.20 Å². The maximum atomic E-state index is 12.5. The van der Waals surface area contributed by atoms with Gasteiger partial charge < -0.3 is 5.32 Å². The summed E-state index contributed by atoms with van der Waals surface area (Å²) in [4.78, 5) is 16.7. The molecule has 0 spiro atoms. The van der Waals surface area contributed by atoms with E-state index >= 15 is 0 Å². The van der Waals surface area contributed by atoms with Crippen LogP contribution in [0.3, 0.4) is 0 Å². The van der Waals surface area contributed by atoms with Crippen molar-refractivity contribution in [3.8, 4) is 11.4 Å². The Bertz CT molecular complexity index is 1030. The third-order valence-electron chi connectivity index (χ3n) is 5.75. The molecule has 8 heteroatoms. The molecule has 3 aromatic rings. The van der Waals surface area contributed by atoms with Crippen molar-refractivity contribution in [2.24, 2.45) is 5.92 Å². The number of benzene rings is 1. The number of carbonyl (C=O) groups excluding carboxylic acids is 1. The molecule has 31 heavy (non-hydrogen) atoms. The van der Waals surface area contributed by atoms with E-state index in [-0.39, 0.29) is 11.7 Å². The molecule has 1 saturated carbocycles. The van der Waals surface area contributed by atoms with Gasteiger partial charge in [0.25, 0.3) is 0 Å². The summed E-state index contributed by atoms with van der Waals surface area (Å²) in [5.41, 5.74) is 1.85. The van der Waals surface area contributed by atoms with Crippen molar-refractivity contribution in [2.75, 3.05) is 5.75 Å². The van der Waals surface area contributed by atoms with E-state index in [0.717, 1.165) is 28.5 Å². The molecule has 1 aromatic carbocycles. The van der Waals surface area contributed by atoms with Crippen LogP contribution in [0.5, 0.6) is 0 Å². The number of nitrogens with zero attached hydrogens (tertiary/aromatic N) is 4. The lowest BCUT2D eigenvalue weighted by molar-refractivity contribution is -0.118. The summed E-state index contributed by atoms with van der Waals surface area (Å²) in [6, 6.07) is 11.8. The highest BCUT2D eigenvalue weighted by Gasteiger charge is 2.29. The van der Waals surface area contributed by atoms with Crippen LogP contribution in [0.25, 0.3) is 11.4 Å². The Morgan fingerprint density at radius 1 is 1.19 bits per heavy atom. The van der Waals surface area contributed by atoms with Crippen molar-refractivity contribution in [1.82, 2.24) is 25.1 Å². The van der Waals surface area contributed by atoms with Gasteiger partial charge in [0.15, 0.2) is 11.0 Å².